The van der Waals surface area contributed by atoms with Crippen molar-refractivity contribution in [2.24, 2.45) is 0 Å². The summed E-state index contributed by atoms with van der Waals surface area (Å²) < 4.78 is 10.5. The Kier molecular flexibility index (Phi) is 5.37. The Morgan fingerprint density at radius 3 is 1.43 bits per heavy atom. The largest absolute Gasteiger partial charge is 0.504 e. The van der Waals surface area contributed by atoms with E-state index >= 15 is 0 Å². The van der Waals surface area contributed by atoms with Crippen molar-refractivity contribution in [1.29, 1.82) is 0 Å². The van der Waals surface area contributed by atoms with E-state index in [4.69, 9.17) is 9.47 Å². The molecule has 0 heterocycles. The molecular weight excluding hydrogens is 292 g/mol. The van der Waals surface area contributed by atoms with Crippen molar-refractivity contribution < 1.29 is 19.7 Å². The first-order chi connectivity index (χ1) is 11.0. The molecule has 0 spiro atoms. The van der Waals surface area contributed by atoms with Gasteiger partial charge in [-0.15, -0.1) is 0 Å². The van der Waals surface area contributed by atoms with Crippen LogP contribution >= 0.6 is 0 Å². The number of benzene rings is 2. The fraction of sp³-hybridized carbons (Fsp3) is 0.368. The van der Waals surface area contributed by atoms with E-state index < -0.39 is 0 Å². The first-order valence-electron chi connectivity index (χ1n) is 7.81. The molecule has 124 valence electrons. The molecule has 0 bridgehead atoms. The quantitative estimate of drug-likeness (QED) is 0.850. The van der Waals surface area contributed by atoms with Crippen LogP contribution in [0.1, 0.15) is 36.1 Å². The van der Waals surface area contributed by atoms with Crippen molar-refractivity contribution in [2.75, 3.05) is 14.2 Å². The van der Waals surface area contributed by atoms with Crippen LogP contribution in [0.5, 0.6) is 23.0 Å². The molecule has 0 saturated carbocycles. The Labute approximate surface area is 137 Å². The van der Waals surface area contributed by atoms with Gasteiger partial charge in [-0.1, -0.05) is 26.0 Å². The monoisotopic (exact) mass is 316 g/mol. The molecule has 0 aliphatic rings. The van der Waals surface area contributed by atoms with Crippen LogP contribution in [0.4, 0.5) is 0 Å². The lowest BCUT2D eigenvalue weighted by Gasteiger charge is -2.15. The van der Waals surface area contributed by atoms with Crippen LogP contribution in [-0.2, 0) is 19.3 Å². The minimum Gasteiger partial charge on any atom is -0.504 e. The summed E-state index contributed by atoms with van der Waals surface area (Å²) in [4.78, 5) is 0. The fourth-order valence-electron chi connectivity index (χ4n) is 2.65. The SMILES string of the molecule is CCc1cc(Cc2cc(CC)cc(OC)c2O)c(O)c(OC)c1. The zero-order chi connectivity index (χ0) is 17.0. The van der Waals surface area contributed by atoms with Gasteiger partial charge in [0, 0.05) is 17.5 Å². The lowest BCUT2D eigenvalue weighted by atomic mass is 9.97. The minimum atomic E-state index is 0.116. The molecule has 0 aromatic heterocycles. The maximum Gasteiger partial charge on any atom is 0.161 e. The summed E-state index contributed by atoms with van der Waals surface area (Å²) in [5.74, 6) is 1.14. The number of phenols is 2. The van der Waals surface area contributed by atoms with Crippen LogP contribution in [0.15, 0.2) is 24.3 Å². The number of hydrogen-bond acceptors (Lipinski definition) is 4. The summed E-state index contributed by atoms with van der Waals surface area (Å²) in [6, 6.07) is 7.56. The summed E-state index contributed by atoms with van der Waals surface area (Å²) in [5.41, 5.74) is 3.61. The average Bonchev–Trinajstić information content (AvgIpc) is 2.58. The van der Waals surface area contributed by atoms with E-state index in [0.717, 1.165) is 35.1 Å². The number of rotatable bonds is 6. The third kappa shape index (κ3) is 3.52. The zero-order valence-corrected chi connectivity index (χ0v) is 14.1. The number of aryl methyl sites for hydroxylation is 2. The first kappa shape index (κ1) is 17.0. The Balaban J connectivity index is 2.50. The van der Waals surface area contributed by atoms with Crippen molar-refractivity contribution in [3.63, 3.8) is 0 Å². The molecule has 0 atom stereocenters. The van der Waals surface area contributed by atoms with Crippen molar-refractivity contribution in [3.8, 4) is 23.0 Å². The molecule has 4 heteroatoms. The van der Waals surface area contributed by atoms with Gasteiger partial charge >= 0.3 is 0 Å². The molecular formula is C19H24O4. The molecule has 2 N–H and O–H groups in total. The van der Waals surface area contributed by atoms with Gasteiger partial charge in [0.15, 0.2) is 23.0 Å². The predicted molar refractivity (Wildman–Crippen MR) is 90.9 cm³/mol. The highest BCUT2D eigenvalue weighted by Gasteiger charge is 2.15. The molecule has 2 aromatic carbocycles. The van der Waals surface area contributed by atoms with Crippen LogP contribution in [0.3, 0.4) is 0 Å². The zero-order valence-electron chi connectivity index (χ0n) is 14.1. The molecule has 0 radical (unpaired) electrons. The predicted octanol–water partition coefficient (Wildman–Crippen LogP) is 3.83. The standard InChI is InChI=1S/C19H24O4/c1-5-12-7-14(18(20)16(9-12)22-3)11-15-8-13(6-2)10-17(23-4)19(15)21/h7-10,20-21H,5-6,11H2,1-4H3. The third-order valence-electron chi connectivity index (χ3n) is 4.06. The highest BCUT2D eigenvalue weighted by Crippen LogP contribution is 2.37. The first-order valence-corrected chi connectivity index (χ1v) is 7.81. The van der Waals surface area contributed by atoms with E-state index in [2.05, 4.69) is 0 Å². The molecule has 0 aliphatic heterocycles. The molecule has 0 unspecified atom stereocenters. The summed E-state index contributed by atoms with van der Waals surface area (Å²) in [6.07, 6.45) is 2.09. The highest BCUT2D eigenvalue weighted by molar-refractivity contribution is 5.54. The van der Waals surface area contributed by atoms with E-state index in [9.17, 15) is 10.2 Å². The van der Waals surface area contributed by atoms with Gasteiger partial charge in [-0.2, -0.15) is 0 Å². The molecule has 4 nitrogen and oxygen atoms in total. The van der Waals surface area contributed by atoms with Gasteiger partial charge in [-0.25, -0.2) is 0 Å². The lowest BCUT2D eigenvalue weighted by molar-refractivity contribution is 0.367. The molecule has 23 heavy (non-hydrogen) atoms. The normalized spacial score (nSPS) is 10.6. The van der Waals surface area contributed by atoms with Gasteiger partial charge in [0.05, 0.1) is 14.2 Å². The molecule has 0 saturated heterocycles. The molecule has 0 fully saturated rings. The Morgan fingerprint density at radius 2 is 1.13 bits per heavy atom. The van der Waals surface area contributed by atoms with E-state index in [1.165, 1.54) is 14.2 Å². The Morgan fingerprint density at radius 1 is 0.739 bits per heavy atom. The summed E-state index contributed by atoms with van der Waals surface area (Å²) in [6.45, 7) is 4.10. The highest BCUT2D eigenvalue weighted by atomic mass is 16.5. The van der Waals surface area contributed by atoms with Crippen LogP contribution in [0, 0.1) is 0 Å². The minimum absolute atomic E-state index is 0.116. The average molecular weight is 316 g/mol. The van der Waals surface area contributed by atoms with Crippen LogP contribution < -0.4 is 9.47 Å². The Hall–Kier alpha value is -2.36. The van der Waals surface area contributed by atoms with Crippen LogP contribution in [0.2, 0.25) is 0 Å². The van der Waals surface area contributed by atoms with Gasteiger partial charge in [0.1, 0.15) is 0 Å². The summed E-state index contributed by atoms with van der Waals surface area (Å²) in [5, 5.41) is 20.8. The van der Waals surface area contributed by atoms with Gasteiger partial charge < -0.3 is 19.7 Å². The van der Waals surface area contributed by atoms with Crippen molar-refractivity contribution in [2.45, 2.75) is 33.1 Å². The van der Waals surface area contributed by atoms with E-state index in [-0.39, 0.29) is 11.5 Å². The van der Waals surface area contributed by atoms with Gasteiger partial charge in [0.25, 0.3) is 0 Å². The van der Waals surface area contributed by atoms with Gasteiger partial charge in [0.2, 0.25) is 0 Å². The van der Waals surface area contributed by atoms with Gasteiger partial charge in [-0.05, 0) is 36.1 Å². The van der Waals surface area contributed by atoms with Crippen molar-refractivity contribution in [1.82, 2.24) is 0 Å². The van der Waals surface area contributed by atoms with E-state index in [1.807, 2.05) is 38.1 Å². The molecule has 2 rings (SSSR count). The fourth-order valence-corrected chi connectivity index (χ4v) is 2.65. The number of ether oxygens (including phenoxy) is 2. The molecule has 2 aromatic rings. The topological polar surface area (TPSA) is 58.9 Å². The third-order valence-corrected chi connectivity index (χ3v) is 4.06. The lowest BCUT2D eigenvalue weighted by Crippen LogP contribution is -1.98. The molecule has 0 aliphatic carbocycles. The van der Waals surface area contributed by atoms with Crippen LogP contribution in [0.25, 0.3) is 0 Å². The summed E-state index contributed by atoms with van der Waals surface area (Å²) in [7, 11) is 3.08. The number of methoxy groups -OCH3 is 2. The summed E-state index contributed by atoms with van der Waals surface area (Å²) >= 11 is 0. The van der Waals surface area contributed by atoms with Crippen LogP contribution in [-0.4, -0.2) is 24.4 Å². The van der Waals surface area contributed by atoms with Gasteiger partial charge in [-0.3, -0.25) is 0 Å². The van der Waals surface area contributed by atoms with Crippen molar-refractivity contribution in [3.05, 3.63) is 46.5 Å². The second-order valence-corrected chi connectivity index (χ2v) is 5.50. The smallest absolute Gasteiger partial charge is 0.161 e. The second kappa shape index (κ2) is 7.27. The number of phenolic OH excluding ortho intramolecular Hbond substituents is 2. The van der Waals surface area contributed by atoms with E-state index in [0.29, 0.717) is 17.9 Å². The maximum absolute atomic E-state index is 10.4. The van der Waals surface area contributed by atoms with Crippen molar-refractivity contribution >= 4 is 0 Å². The second-order valence-electron chi connectivity index (χ2n) is 5.50. The number of hydrogen-bond donors (Lipinski definition) is 2. The number of aromatic hydroxyl groups is 2. The van der Waals surface area contributed by atoms with E-state index in [1.54, 1.807) is 0 Å². The Bertz CT molecular complexity index is 633. The molecule has 0 amide bonds. The maximum atomic E-state index is 10.4.